The monoisotopic (exact) mass is 201 g/mol. The first kappa shape index (κ1) is 42.8. The van der Waals surface area contributed by atoms with E-state index in [0.29, 0.717) is 0 Å². The molecule has 6 N–H and O–H groups in total. The molecule has 0 rings (SSSR count). The predicted molar refractivity (Wildman–Crippen MR) is 31.6 cm³/mol. The van der Waals surface area contributed by atoms with Crippen molar-refractivity contribution in [3.8, 4) is 0 Å². The van der Waals surface area contributed by atoms with Gasteiger partial charge in [0.1, 0.15) is 0 Å². The van der Waals surface area contributed by atoms with Crippen LogP contribution in [0.1, 0.15) is 0 Å². The molecule has 0 fully saturated rings. The van der Waals surface area contributed by atoms with E-state index in [2.05, 4.69) is 0 Å². The minimum Gasteiger partial charge on any atom is -0.412 e. The van der Waals surface area contributed by atoms with Crippen LogP contribution < -0.4 is 29.6 Å². The Bertz CT molecular complexity index is 70.5. The van der Waals surface area contributed by atoms with Gasteiger partial charge in [-0.15, -0.1) is 0 Å². The standard InChI is InChI=1S/2NO3.Na.3H2O/c2*2-1(3)4;;;;/h;;;3*1H2/q2*-1;+1;;;. The zero-order valence-electron chi connectivity index (χ0n) is 5.84. The normalized spacial score (nSPS) is 4.00. The van der Waals surface area contributed by atoms with Crippen LogP contribution in [0.2, 0.25) is 0 Å². The summed E-state index contributed by atoms with van der Waals surface area (Å²) in [4.78, 5) is 16.5. The zero-order chi connectivity index (χ0) is 7.15. The molecular formula is H6N2NaO9-. The average molecular weight is 201 g/mol. The number of nitrogens with zero attached hydrogens (tertiary/aromatic N) is 2. The van der Waals surface area contributed by atoms with E-state index < -0.39 is 10.2 Å². The van der Waals surface area contributed by atoms with Gasteiger partial charge in [-0.2, -0.15) is 0 Å². The Morgan fingerprint density at radius 3 is 0.667 bits per heavy atom. The first-order chi connectivity index (χ1) is 3.46. The van der Waals surface area contributed by atoms with Crippen LogP contribution >= 0.6 is 0 Å². The van der Waals surface area contributed by atoms with E-state index in [1.165, 1.54) is 0 Å². The molecule has 0 bridgehead atoms. The minimum atomic E-state index is -1.75. The van der Waals surface area contributed by atoms with Crippen molar-refractivity contribution in [1.29, 1.82) is 0 Å². The van der Waals surface area contributed by atoms with Gasteiger partial charge in [0.25, 0.3) is 0 Å². The van der Waals surface area contributed by atoms with Gasteiger partial charge in [0, 0.05) is 0 Å². The second kappa shape index (κ2) is 31.8. The largest absolute Gasteiger partial charge is 1.00 e. The molecule has 0 amide bonds. The van der Waals surface area contributed by atoms with Crippen molar-refractivity contribution in [2.24, 2.45) is 0 Å². The van der Waals surface area contributed by atoms with Crippen LogP contribution in [0.3, 0.4) is 0 Å². The van der Waals surface area contributed by atoms with Crippen LogP contribution in [0, 0.1) is 30.6 Å². The van der Waals surface area contributed by atoms with Crippen LogP contribution in [0.4, 0.5) is 0 Å². The van der Waals surface area contributed by atoms with Gasteiger partial charge in [-0.3, -0.25) is 0 Å². The number of hydrogen-bond acceptors (Lipinski definition) is 6. The Morgan fingerprint density at radius 1 is 0.667 bits per heavy atom. The Balaban J connectivity index is -0.0000000112. The first-order valence-corrected chi connectivity index (χ1v) is 1.10. The number of rotatable bonds is 0. The van der Waals surface area contributed by atoms with Crippen LogP contribution in [0.25, 0.3) is 0 Å². The molecule has 0 aliphatic heterocycles. The molecule has 0 radical (unpaired) electrons. The van der Waals surface area contributed by atoms with Gasteiger partial charge in [0.2, 0.25) is 0 Å². The molecule has 0 aromatic heterocycles. The van der Waals surface area contributed by atoms with Crippen molar-refractivity contribution in [1.82, 2.24) is 0 Å². The molecule has 0 unspecified atom stereocenters. The van der Waals surface area contributed by atoms with E-state index in [0.717, 1.165) is 0 Å². The van der Waals surface area contributed by atoms with Crippen molar-refractivity contribution in [3.05, 3.63) is 30.6 Å². The third kappa shape index (κ3) is 1230. The smallest absolute Gasteiger partial charge is 0.412 e. The second-order valence-electron chi connectivity index (χ2n) is 0.447. The molecule has 0 aliphatic rings. The fraction of sp³-hybridized carbons (Fsp3) is 0. The number of hydrogen-bond donors (Lipinski definition) is 0. The zero-order valence-corrected chi connectivity index (χ0v) is 7.84. The molecule has 12 heteroatoms. The molecular weight excluding hydrogens is 195 g/mol. The fourth-order valence-corrected chi connectivity index (χ4v) is 0. The summed E-state index contributed by atoms with van der Waals surface area (Å²) in [6.07, 6.45) is 0. The molecule has 0 saturated carbocycles. The van der Waals surface area contributed by atoms with Crippen molar-refractivity contribution in [2.45, 2.75) is 0 Å². The molecule has 12 heavy (non-hydrogen) atoms. The van der Waals surface area contributed by atoms with Gasteiger partial charge in [-0.25, -0.2) is 0 Å². The third-order valence-corrected chi connectivity index (χ3v) is 0. The van der Waals surface area contributed by atoms with Gasteiger partial charge in [-0.1, -0.05) is 0 Å². The van der Waals surface area contributed by atoms with Gasteiger partial charge in [-0.05, 0) is 0 Å². The van der Waals surface area contributed by atoms with Crippen molar-refractivity contribution in [2.75, 3.05) is 0 Å². The average Bonchev–Trinajstić information content (AvgIpc) is 1.25. The summed E-state index contributed by atoms with van der Waals surface area (Å²) in [7, 11) is 0. The van der Waals surface area contributed by atoms with Gasteiger partial charge < -0.3 is 47.1 Å². The predicted octanol–water partition coefficient (Wildman–Crippen LogP) is -5.95. The van der Waals surface area contributed by atoms with E-state index >= 15 is 0 Å². The summed E-state index contributed by atoms with van der Waals surface area (Å²) in [5.41, 5.74) is 0. The van der Waals surface area contributed by atoms with Crippen LogP contribution in [-0.2, 0) is 0 Å². The van der Waals surface area contributed by atoms with Crippen molar-refractivity contribution in [3.63, 3.8) is 0 Å². The summed E-state index contributed by atoms with van der Waals surface area (Å²) in [6.45, 7) is 0. The van der Waals surface area contributed by atoms with Gasteiger partial charge in [0.05, 0.1) is 10.2 Å². The first-order valence-electron chi connectivity index (χ1n) is 1.10. The van der Waals surface area contributed by atoms with E-state index in [4.69, 9.17) is 30.6 Å². The van der Waals surface area contributed by atoms with E-state index in [1.54, 1.807) is 0 Å². The SMILES string of the molecule is O.O.O.O=[N+]([O-])[O-].O=[N+]([O-])[O-].[Na+]. The van der Waals surface area contributed by atoms with Gasteiger partial charge in [0.15, 0.2) is 0 Å². The molecule has 0 saturated heterocycles. The molecule has 0 heterocycles. The van der Waals surface area contributed by atoms with Crippen LogP contribution in [-0.4, -0.2) is 26.6 Å². The molecule has 0 spiro atoms. The molecule has 72 valence electrons. The fourth-order valence-electron chi connectivity index (χ4n) is 0. The summed E-state index contributed by atoms with van der Waals surface area (Å²) < 4.78 is 0. The van der Waals surface area contributed by atoms with Crippen molar-refractivity contribution >= 4 is 0 Å². The Kier molecular flexibility index (Phi) is 113. The molecule has 0 atom stereocenters. The second-order valence-corrected chi connectivity index (χ2v) is 0.447. The summed E-state index contributed by atoms with van der Waals surface area (Å²) >= 11 is 0. The molecule has 11 nitrogen and oxygen atoms in total. The van der Waals surface area contributed by atoms with Gasteiger partial charge >= 0.3 is 29.6 Å². The van der Waals surface area contributed by atoms with E-state index in [1.807, 2.05) is 0 Å². The Labute approximate surface area is 87.0 Å². The summed E-state index contributed by atoms with van der Waals surface area (Å²) in [6, 6.07) is 0. The minimum absolute atomic E-state index is 0. The molecule has 0 aromatic rings. The Morgan fingerprint density at radius 2 is 0.667 bits per heavy atom. The maximum atomic E-state index is 8.25. The third-order valence-electron chi connectivity index (χ3n) is 0. The van der Waals surface area contributed by atoms with Crippen LogP contribution in [0.15, 0.2) is 0 Å². The summed E-state index contributed by atoms with van der Waals surface area (Å²) in [5.74, 6) is 0. The van der Waals surface area contributed by atoms with E-state index in [9.17, 15) is 0 Å². The Hall–Kier alpha value is -0.720. The maximum absolute atomic E-state index is 8.25. The van der Waals surface area contributed by atoms with E-state index in [-0.39, 0.29) is 46.0 Å². The molecule has 0 aromatic carbocycles. The van der Waals surface area contributed by atoms with Crippen LogP contribution in [0.5, 0.6) is 0 Å². The van der Waals surface area contributed by atoms with Crippen molar-refractivity contribution < 1.29 is 56.2 Å². The molecule has 0 aliphatic carbocycles. The quantitative estimate of drug-likeness (QED) is 0.210. The summed E-state index contributed by atoms with van der Waals surface area (Å²) in [5, 5.41) is 29.5. The topological polar surface area (TPSA) is 227 Å². The maximum Gasteiger partial charge on any atom is 1.00 e.